The van der Waals surface area contributed by atoms with Gasteiger partial charge in [-0.2, -0.15) is 0 Å². The first kappa shape index (κ1) is 12.5. The highest BCUT2D eigenvalue weighted by molar-refractivity contribution is 5.78. The van der Waals surface area contributed by atoms with Crippen LogP contribution in [0.2, 0.25) is 0 Å². The summed E-state index contributed by atoms with van der Waals surface area (Å²) in [4.78, 5) is 2.17. The van der Waals surface area contributed by atoms with Gasteiger partial charge < -0.3 is 10.6 Å². The van der Waals surface area contributed by atoms with E-state index in [0.717, 1.165) is 11.4 Å². The number of aryl methyl sites for hydroxylation is 3. The molecule has 2 aromatic carbocycles. The van der Waals surface area contributed by atoms with E-state index in [1.54, 1.807) is 0 Å². The van der Waals surface area contributed by atoms with Crippen molar-refractivity contribution in [1.29, 1.82) is 0 Å². The van der Waals surface area contributed by atoms with Gasteiger partial charge in [0.2, 0.25) is 0 Å². The van der Waals surface area contributed by atoms with Crippen molar-refractivity contribution in [2.75, 3.05) is 17.7 Å². The lowest BCUT2D eigenvalue weighted by Gasteiger charge is -2.25. The van der Waals surface area contributed by atoms with E-state index in [1.165, 1.54) is 22.4 Å². The van der Waals surface area contributed by atoms with Crippen molar-refractivity contribution in [3.63, 3.8) is 0 Å². The Hall–Kier alpha value is -1.96. The predicted octanol–water partition coefficient (Wildman–Crippen LogP) is 3.96. The van der Waals surface area contributed by atoms with E-state index >= 15 is 0 Å². The van der Waals surface area contributed by atoms with Crippen LogP contribution < -0.4 is 10.6 Å². The molecule has 0 radical (unpaired) electrons. The highest BCUT2D eigenvalue weighted by Crippen LogP contribution is 2.33. The molecule has 0 aliphatic rings. The van der Waals surface area contributed by atoms with Gasteiger partial charge in [0.1, 0.15) is 0 Å². The van der Waals surface area contributed by atoms with Crippen molar-refractivity contribution in [3.05, 3.63) is 53.1 Å². The van der Waals surface area contributed by atoms with Crippen molar-refractivity contribution in [3.8, 4) is 0 Å². The zero-order valence-corrected chi connectivity index (χ0v) is 11.5. The van der Waals surface area contributed by atoms with Gasteiger partial charge in [-0.25, -0.2) is 0 Å². The fourth-order valence-corrected chi connectivity index (χ4v) is 2.44. The predicted molar refractivity (Wildman–Crippen MR) is 79.6 cm³/mol. The Bertz CT molecular complexity index is 553. The van der Waals surface area contributed by atoms with Crippen molar-refractivity contribution in [1.82, 2.24) is 0 Å². The molecule has 0 fully saturated rings. The lowest BCUT2D eigenvalue weighted by Crippen LogP contribution is -2.14. The van der Waals surface area contributed by atoms with E-state index in [-0.39, 0.29) is 0 Å². The second kappa shape index (κ2) is 4.73. The van der Waals surface area contributed by atoms with Gasteiger partial charge in [0, 0.05) is 12.7 Å². The Morgan fingerprint density at radius 1 is 0.944 bits per heavy atom. The first-order chi connectivity index (χ1) is 8.50. The smallest absolute Gasteiger partial charge is 0.0671 e. The summed E-state index contributed by atoms with van der Waals surface area (Å²) in [6.45, 7) is 6.33. The largest absolute Gasteiger partial charge is 0.397 e. The number of nitrogen functional groups attached to an aromatic ring is 1. The van der Waals surface area contributed by atoms with Gasteiger partial charge in [-0.3, -0.25) is 0 Å². The normalized spacial score (nSPS) is 10.4. The highest BCUT2D eigenvalue weighted by atomic mass is 15.1. The topological polar surface area (TPSA) is 29.3 Å². The van der Waals surface area contributed by atoms with Gasteiger partial charge in [-0.05, 0) is 44.0 Å². The zero-order valence-electron chi connectivity index (χ0n) is 11.5. The third-order valence-electron chi connectivity index (χ3n) is 3.32. The standard InChI is InChI=1S/C16H20N2/c1-11-8-9-15(13(3)10-11)18(4)16-12(2)6-5-7-14(16)17/h5-10H,17H2,1-4H3. The van der Waals surface area contributed by atoms with Crippen LogP contribution in [0.15, 0.2) is 36.4 Å². The molecule has 2 heteroatoms. The molecule has 94 valence electrons. The Kier molecular flexibility index (Phi) is 3.28. The van der Waals surface area contributed by atoms with E-state index < -0.39 is 0 Å². The van der Waals surface area contributed by atoms with E-state index in [2.05, 4.69) is 57.0 Å². The molecule has 0 aliphatic carbocycles. The summed E-state index contributed by atoms with van der Waals surface area (Å²) >= 11 is 0. The second-order valence-electron chi connectivity index (χ2n) is 4.86. The van der Waals surface area contributed by atoms with Gasteiger partial charge in [-0.15, -0.1) is 0 Å². The van der Waals surface area contributed by atoms with Gasteiger partial charge in [0.25, 0.3) is 0 Å². The average Bonchev–Trinajstić information content (AvgIpc) is 2.28. The number of nitrogens with zero attached hydrogens (tertiary/aromatic N) is 1. The molecule has 0 aliphatic heterocycles. The van der Waals surface area contributed by atoms with Gasteiger partial charge in [-0.1, -0.05) is 29.8 Å². The summed E-state index contributed by atoms with van der Waals surface area (Å²) in [6.07, 6.45) is 0. The van der Waals surface area contributed by atoms with Crippen LogP contribution >= 0.6 is 0 Å². The molecule has 0 spiro atoms. The molecule has 0 saturated carbocycles. The molecule has 2 N–H and O–H groups in total. The molecule has 0 atom stereocenters. The van der Waals surface area contributed by atoms with E-state index in [4.69, 9.17) is 5.73 Å². The van der Waals surface area contributed by atoms with Gasteiger partial charge >= 0.3 is 0 Å². The van der Waals surface area contributed by atoms with Crippen LogP contribution in [-0.2, 0) is 0 Å². The van der Waals surface area contributed by atoms with Crippen LogP contribution in [0.3, 0.4) is 0 Å². The van der Waals surface area contributed by atoms with Crippen molar-refractivity contribution < 1.29 is 0 Å². The summed E-state index contributed by atoms with van der Waals surface area (Å²) in [5, 5.41) is 0. The maximum absolute atomic E-state index is 6.10. The van der Waals surface area contributed by atoms with E-state index in [0.29, 0.717) is 0 Å². The maximum Gasteiger partial charge on any atom is 0.0671 e. The summed E-state index contributed by atoms with van der Waals surface area (Å²) in [6, 6.07) is 12.5. The average molecular weight is 240 g/mol. The second-order valence-corrected chi connectivity index (χ2v) is 4.86. The molecule has 0 bridgehead atoms. The minimum atomic E-state index is 0.817. The maximum atomic E-state index is 6.10. The first-order valence-electron chi connectivity index (χ1n) is 6.17. The van der Waals surface area contributed by atoms with Crippen molar-refractivity contribution in [2.24, 2.45) is 0 Å². The van der Waals surface area contributed by atoms with Crippen LogP contribution in [0.4, 0.5) is 17.1 Å². The summed E-state index contributed by atoms with van der Waals surface area (Å²) in [7, 11) is 2.07. The Labute approximate surface area is 109 Å². The van der Waals surface area contributed by atoms with E-state index in [1.807, 2.05) is 12.1 Å². The Morgan fingerprint density at radius 2 is 1.67 bits per heavy atom. The molecule has 0 amide bonds. The molecule has 0 saturated heterocycles. The molecule has 0 unspecified atom stereocenters. The Morgan fingerprint density at radius 3 is 2.28 bits per heavy atom. The van der Waals surface area contributed by atoms with Crippen LogP contribution in [0.1, 0.15) is 16.7 Å². The molecular formula is C16H20N2. The number of hydrogen-bond donors (Lipinski definition) is 1. The van der Waals surface area contributed by atoms with Crippen LogP contribution in [0, 0.1) is 20.8 Å². The number of hydrogen-bond acceptors (Lipinski definition) is 2. The summed E-state index contributed by atoms with van der Waals surface area (Å²) in [5.41, 5.74) is 12.9. The SMILES string of the molecule is Cc1ccc(N(C)c2c(C)cccc2N)c(C)c1. The fourth-order valence-electron chi connectivity index (χ4n) is 2.44. The number of benzene rings is 2. The quantitative estimate of drug-likeness (QED) is 0.805. The number of para-hydroxylation sites is 1. The minimum absolute atomic E-state index is 0.817. The fraction of sp³-hybridized carbons (Fsp3) is 0.250. The highest BCUT2D eigenvalue weighted by Gasteiger charge is 2.12. The third-order valence-corrected chi connectivity index (χ3v) is 3.32. The lowest BCUT2D eigenvalue weighted by atomic mass is 10.1. The molecule has 2 rings (SSSR count). The zero-order chi connectivity index (χ0) is 13.3. The van der Waals surface area contributed by atoms with Crippen LogP contribution in [-0.4, -0.2) is 7.05 Å². The summed E-state index contributed by atoms with van der Waals surface area (Å²) < 4.78 is 0. The minimum Gasteiger partial charge on any atom is -0.397 e. The number of rotatable bonds is 2. The number of anilines is 3. The van der Waals surface area contributed by atoms with Crippen molar-refractivity contribution in [2.45, 2.75) is 20.8 Å². The van der Waals surface area contributed by atoms with Crippen molar-refractivity contribution >= 4 is 17.1 Å². The third kappa shape index (κ3) is 2.19. The Balaban J connectivity index is 2.51. The van der Waals surface area contributed by atoms with E-state index in [9.17, 15) is 0 Å². The summed E-state index contributed by atoms with van der Waals surface area (Å²) in [5.74, 6) is 0. The molecular weight excluding hydrogens is 220 g/mol. The molecule has 0 heterocycles. The number of nitrogens with two attached hydrogens (primary N) is 1. The van der Waals surface area contributed by atoms with Crippen LogP contribution in [0.25, 0.3) is 0 Å². The molecule has 18 heavy (non-hydrogen) atoms. The van der Waals surface area contributed by atoms with Gasteiger partial charge in [0.05, 0.1) is 11.4 Å². The van der Waals surface area contributed by atoms with Gasteiger partial charge in [0.15, 0.2) is 0 Å². The molecule has 0 aromatic heterocycles. The first-order valence-corrected chi connectivity index (χ1v) is 6.17. The molecule has 2 nitrogen and oxygen atoms in total. The van der Waals surface area contributed by atoms with Crippen LogP contribution in [0.5, 0.6) is 0 Å². The lowest BCUT2D eigenvalue weighted by molar-refractivity contribution is 1.16. The monoisotopic (exact) mass is 240 g/mol. The molecule has 2 aromatic rings.